The normalized spacial score (nSPS) is 12.5. The van der Waals surface area contributed by atoms with Crippen LogP contribution in [0.1, 0.15) is 28.4 Å². The van der Waals surface area contributed by atoms with Crippen molar-refractivity contribution in [3.05, 3.63) is 53.6 Å². The van der Waals surface area contributed by atoms with Crippen LogP contribution in [-0.4, -0.2) is 37.1 Å². The van der Waals surface area contributed by atoms with Crippen LogP contribution >= 0.6 is 0 Å². The second-order valence-electron chi connectivity index (χ2n) is 6.58. The predicted molar refractivity (Wildman–Crippen MR) is 107 cm³/mol. The molecular weight excluding hydrogens is 406 g/mol. The average Bonchev–Trinajstić information content (AvgIpc) is 3.18. The highest BCUT2D eigenvalue weighted by atomic mass is 16.7. The number of amides is 2. The lowest BCUT2D eigenvalue weighted by molar-refractivity contribution is -0.306. The van der Waals surface area contributed by atoms with Crippen molar-refractivity contribution < 1.29 is 29.0 Å². The Hall–Kier alpha value is -4.28. The second-order valence-corrected chi connectivity index (χ2v) is 6.58. The number of nitrogens with one attached hydrogen (secondary N) is 2. The Morgan fingerprint density at radius 2 is 1.87 bits per heavy atom. The van der Waals surface area contributed by atoms with Gasteiger partial charge in [0.05, 0.1) is 18.3 Å². The highest BCUT2D eigenvalue weighted by molar-refractivity contribution is 5.97. The number of aliphatic imine (C=N–C) groups is 1. The number of ether oxygens (including phenoxy) is 2. The SMILES string of the molecule is NC(N)=Nc1cccc(C(=O)NCC(=O)NC(CC(=O)[O-])c2ccc3c(c2)OCO3)c1. The Balaban J connectivity index is 1.63. The van der Waals surface area contributed by atoms with E-state index in [2.05, 4.69) is 15.6 Å². The molecule has 2 aromatic carbocycles. The summed E-state index contributed by atoms with van der Waals surface area (Å²) in [6, 6.07) is 10.1. The van der Waals surface area contributed by atoms with E-state index in [1.807, 2.05) is 0 Å². The van der Waals surface area contributed by atoms with Crippen molar-refractivity contribution in [1.29, 1.82) is 0 Å². The van der Waals surface area contributed by atoms with E-state index in [4.69, 9.17) is 20.9 Å². The zero-order valence-electron chi connectivity index (χ0n) is 16.3. The topological polar surface area (TPSA) is 181 Å². The summed E-state index contributed by atoms with van der Waals surface area (Å²) < 4.78 is 10.5. The van der Waals surface area contributed by atoms with Crippen LogP contribution in [0.3, 0.4) is 0 Å². The molecule has 6 N–H and O–H groups in total. The molecule has 11 nitrogen and oxygen atoms in total. The number of rotatable bonds is 8. The Bertz CT molecular complexity index is 1030. The van der Waals surface area contributed by atoms with E-state index >= 15 is 0 Å². The molecule has 1 unspecified atom stereocenters. The van der Waals surface area contributed by atoms with Crippen LogP contribution in [0.15, 0.2) is 47.5 Å². The van der Waals surface area contributed by atoms with E-state index in [0.29, 0.717) is 22.7 Å². The smallest absolute Gasteiger partial charge is 0.251 e. The van der Waals surface area contributed by atoms with E-state index in [9.17, 15) is 19.5 Å². The van der Waals surface area contributed by atoms with Gasteiger partial charge in [-0.2, -0.15) is 0 Å². The summed E-state index contributed by atoms with van der Waals surface area (Å²) in [5.74, 6) is -1.63. The number of hydrogen-bond acceptors (Lipinski definition) is 7. The number of aliphatic carboxylic acids is 1. The molecule has 0 aliphatic carbocycles. The molecule has 1 heterocycles. The summed E-state index contributed by atoms with van der Waals surface area (Å²) >= 11 is 0. The number of hydrogen-bond donors (Lipinski definition) is 4. The van der Waals surface area contributed by atoms with Crippen LogP contribution in [0.4, 0.5) is 5.69 Å². The van der Waals surface area contributed by atoms with Gasteiger partial charge in [-0.25, -0.2) is 4.99 Å². The molecule has 1 atom stereocenters. The minimum atomic E-state index is -1.34. The van der Waals surface area contributed by atoms with Crippen molar-refractivity contribution in [2.45, 2.75) is 12.5 Å². The lowest BCUT2D eigenvalue weighted by atomic mass is 10.0. The number of benzene rings is 2. The van der Waals surface area contributed by atoms with E-state index in [-0.39, 0.29) is 24.9 Å². The molecule has 0 saturated heterocycles. The fourth-order valence-electron chi connectivity index (χ4n) is 2.92. The van der Waals surface area contributed by atoms with Gasteiger partial charge >= 0.3 is 0 Å². The fourth-order valence-corrected chi connectivity index (χ4v) is 2.92. The molecule has 2 amide bonds. The minimum Gasteiger partial charge on any atom is -0.550 e. The van der Waals surface area contributed by atoms with Gasteiger partial charge in [-0.15, -0.1) is 0 Å². The zero-order chi connectivity index (χ0) is 22.4. The molecule has 0 fully saturated rings. The molecule has 3 rings (SSSR count). The first-order valence-electron chi connectivity index (χ1n) is 9.18. The molecule has 31 heavy (non-hydrogen) atoms. The monoisotopic (exact) mass is 426 g/mol. The lowest BCUT2D eigenvalue weighted by Crippen LogP contribution is -2.40. The lowest BCUT2D eigenvalue weighted by Gasteiger charge is -2.20. The van der Waals surface area contributed by atoms with Crippen molar-refractivity contribution in [1.82, 2.24) is 10.6 Å². The van der Waals surface area contributed by atoms with Gasteiger partial charge < -0.3 is 41.5 Å². The Morgan fingerprint density at radius 1 is 1.10 bits per heavy atom. The van der Waals surface area contributed by atoms with E-state index in [0.717, 1.165) is 0 Å². The average molecular weight is 426 g/mol. The first-order valence-corrected chi connectivity index (χ1v) is 9.18. The van der Waals surface area contributed by atoms with Gasteiger partial charge in [0, 0.05) is 18.0 Å². The van der Waals surface area contributed by atoms with Gasteiger partial charge in [-0.1, -0.05) is 12.1 Å². The van der Waals surface area contributed by atoms with Crippen LogP contribution in [0, 0.1) is 0 Å². The van der Waals surface area contributed by atoms with Crippen molar-refractivity contribution in [2.75, 3.05) is 13.3 Å². The standard InChI is InChI=1S/C20H21N5O6/c21-20(22)24-13-3-1-2-12(6-13)19(29)23-9-17(26)25-14(8-18(27)28)11-4-5-15-16(7-11)31-10-30-15/h1-7,14H,8-10H2,(H,23,29)(H,25,26)(H,27,28)(H4,21,22,24)/p-1. The summed E-state index contributed by atoms with van der Waals surface area (Å²) in [6.07, 6.45) is -0.458. The molecule has 0 radical (unpaired) electrons. The number of nitrogens with zero attached hydrogens (tertiary/aromatic N) is 1. The van der Waals surface area contributed by atoms with Crippen LogP contribution in [0.5, 0.6) is 11.5 Å². The highest BCUT2D eigenvalue weighted by Gasteiger charge is 2.20. The largest absolute Gasteiger partial charge is 0.550 e. The molecule has 1 aliphatic rings. The minimum absolute atomic E-state index is 0.0622. The maximum absolute atomic E-state index is 12.3. The number of nitrogens with two attached hydrogens (primary N) is 2. The zero-order valence-corrected chi connectivity index (χ0v) is 16.3. The Kier molecular flexibility index (Phi) is 6.55. The number of carboxylic acid groups (broad SMARTS) is 1. The van der Waals surface area contributed by atoms with Crippen molar-refractivity contribution in [3.8, 4) is 11.5 Å². The van der Waals surface area contributed by atoms with Gasteiger partial charge in [0.25, 0.3) is 5.91 Å². The molecule has 11 heteroatoms. The summed E-state index contributed by atoms with van der Waals surface area (Å²) in [5, 5.41) is 16.2. The number of carbonyl (C=O) groups excluding carboxylic acids is 3. The van der Waals surface area contributed by atoms with Crippen LogP contribution < -0.4 is 36.7 Å². The van der Waals surface area contributed by atoms with Crippen molar-refractivity contribution >= 4 is 29.4 Å². The molecular formula is C20H20N5O6-. The van der Waals surface area contributed by atoms with Crippen LogP contribution in [0.25, 0.3) is 0 Å². The van der Waals surface area contributed by atoms with E-state index in [1.165, 1.54) is 12.1 Å². The maximum atomic E-state index is 12.3. The fraction of sp³-hybridized carbons (Fsp3) is 0.200. The molecule has 2 aromatic rings. The number of carbonyl (C=O) groups is 3. The van der Waals surface area contributed by atoms with Gasteiger partial charge in [0.15, 0.2) is 17.5 Å². The molecule has 0 saturated carbocycles. The molecule has 0 bridgehead atoms. The third-order valence-electron chi connectivity index (χ3n) is 4.28. The first-order chi connectivity index (χ1) is 14.8. The van der Waals surface area contributed by atoms with Crippen molar-refractivity contribution in [2.24, 2.45) is 16.5 Å². The van der Waals surface area contributed by atoms with Crippen molar-refractivity contribution in [3.63, 3.8) is 0 Å². The molecule has 0 aromatic heterocycles. The second kappa shape index (κ2) is 9.48. The number of carboxylic acids is 1. The molecule has 162 valence electrons. The maximum Gasteiger partial charge on any atom is 0.251 e. The highest BCUT2D eigenvalue weighted by Crippen LogP contribution is 2.34. The predicted octanol–water partition coefficient (Wildman–Crippen LogP) is -0.952. The summed E-state index contributed by atoms with van der Waals surface area (Å²) in [5.41, 5.74) is 11.8. The van der Waals surface area contributed by atoms with Crippen LogP contribution in [-0.2, 0) is 9.59 Å². The van der Waals surface area contributed by atoms with Gasteiger partial charge in [0.1, 0.15) is 0 Å². The third kappa shape index (κ3) is 5.85. The summed E-state index contributed by atoms with van der Waals surface area (Å²) in [7, 11) is 0. The quantitative estimate of drug-likeness (QED) is 0.308. The van der Waals surface area contributed by atoms with E-state index < -0.39 is 30.2 Å². The molecule has 1 aliphatic heterocycles. The first kappa shape index (κ1) is 21.4. The van der Waals surface area contributed by atoms with E-state index in [1.54, 1.807) is 30.3 Å². The third-order valence-corrected chi connectivity index (χ3v) is 4.28. The Labute approximate surface area is 177 Å². The summed E-state index contributed by atoms with van der Waals surface area (Å²) in [4.78, 5) is 39.6. The Morgan fingerprint density at radius 3 is 2.61 bits per heavy atom. The molecule has 0 spiro atoms. The van der Waals surface area contributed by atoms with Gasteiger partial charge in [-0.05, 0) is 35.9 Å². The van der Waals surface area contributed by atoms with Crippen LogP contribution in [0.2, 0.25) is 0 Å². The van der Waals surface area contributed by atoms with Gasteiger partial charge in [0.2, 0.25) is 12.7 Å². The van der Waals surface area contributed by atoms with Gasteiger partial charge in [-0.3, -0.25) is 9.59 Å². The number of fused-ring (bicyclic) bond motifs is 1. The summed E-state index contributed by atoms with van der Waals surface area (Å²) in [6.45, 7) is -0.313. The number of guanidine groups is 1.